The molecule has 0 fully saturated rings. The Labute approximate surface area is 168 Å². The molecule has 3 aromatic rings. The lowest BCUT2D eigenvalue weighted by Crippen LogP contribution is -2.23. The Kier molecular flexibility index (Phi) is 5.33. The Morgan fingerprint density at radius 2 is 1.97 bits per heavy atom. The average Bonchev–Trinajstić information content (AvgIpc) is 3.12. The number of ether oxygens (including phenoxy) is 1. The second kappa shape index (κ2) is 8.22. The molecular weight excluding hydrogens is 368 g/mol. The fraction of sp³-hybridized carbons (Fsp3) is 0.217. The van der Waals surface area contributed by atoms with Gasteiger partial charge >= 0.3 is 0 Å². The molecular formula is C23H22N2O4. The van der Waals surface area contributed by atoms with E-state index >= 15 is 0 Å². The summed E-state index contributed by atoms with van der Waals surface area (Å²) in [5.74, 6) is 0.240. The molecule has 1 amide bonds. The van der Waals surface area contributed by atoms with Crippen molar-refractivity contribution in [3.63, 3.8) is 0 Å². The van der Waals surface area contributed by atoms with Crippen LogP contribution in [0.5, 0.6) is 5.75 Å². The van der Waals surface area contributed by atoms with Crippen molar-refractivity contribution in [2.75, 3.05) is 23.4 Å². The summed E-state index contributed by atoms with van der Waals surface area (Å²) in [6.07, 6.45) is 2.26. The quantitative estimate of drug-likeness (QED) is 0.697. The second-order valence-corrected chi connectivity index (χ2v) is 7.08. The van der Waals surface area contributed by atoms with E-state index in [9.17, 15) is 9.59 Å². The first-order valence-electron chi connectivity index (χ1n) is 9.52. The number of anilines is 2. The molecule has 1 aliphatic rings. The highest BCUT2D eigenvalue weighted by atomic mass is 16.5. The molecule has 2 heterocycles. The van der Waals surface area contributed by atoms with Gasteiger partial charge in [-0.2, -0.15) is 0 Å². The molecule has 0 bridgehead atoms. The molecule has 0 radical (unpaired) electrons. The summed E-state index contributed by atoms with van der Waals surface area (Å²) in [5, 5.41) is 2.72. The zero-order valence-electron chi connectivity index (χ0n) is 16.2. The summed E-state index contributed by atoms with van der Waals surface area (Å²) < 4.78 is 10.9. The number of aryl methyl sites for hydroxylation is 1. The first kappa shape index (κ1) is 18.8. The predicted octanol–water partition coefficient (Wildman–Crippen LogP) is 3.53. The fourth-order valence-electron chi connectivity index (χ4n) is 3.36. The Hall–Kier alpha value is -3.54. The van der Waals surface area contributed by atoms with E-state index in [0.29, 0.717) is 18.0 Å². The Balaban J connectivity index is 1.35. The van der Waals surface area contributed by atoms with Crippen molar-refractivity contribution in [2.45, 2.75) is 19.9 Å². The third-order valence-electron chi connectivity index (χ3n) is 4.88. The third kappa shape index (κ3) is 4.48. The molecule has 0 aliphatic carbocycles. The molecule has 148 valence electrons. The number of amides is 1. The van der Waals surface area contributed by atoms with Gasteiger partial charge in [-0.25, -0.2) is 0 Å². The molecule has 1 N–H and O–H groups in total. The van der Waals surface area contributed by atoms with Crippen molar-refractivity contribution >= 4 is 17.3 Å². The summed E-state index contributed by atoms with van der Waals surface area (Å²) in [6, 6.07) is 17.1. The maximum absolute atomic E-state index is 12.3. The smallest absolute Gasteiger partial charge is 0.262 e. The van der Waals surface area contributed by atoms with Crippen LogP contribution in [-0.2, 0) is 17.8 Å². The van der Waals surface area contributed by atoms with Crippen LogP contribution in [0.2, 0.25) is 0 Å². The highest BCUT2D eigenvalue weighted by Gasteiger charge is 2.19. The molecule has 0 saturated heterocycles. The standard InChI is InChI=1S/C23H22N2O4/c1-16-6-8-18(9-7-16)24-23(27)15-29-22-14-28-19(12-21(22)26)13-25-11-10-17-4-2-3-5-20(17)25/h2-9,12,14H,10-11,13,15H2,1H3,(H,24,27). The van der Waals surface area contributed by atoms with Crippen molar-refractivity contribution in [1.82, 2.24) is 0 Å². The van der Waals surface area contributed by atoms with Crippen LogP contribution < -0.4 is 20.4 Å². The second-order valence-electron chi connectivity index (χ2n) is 7.08. The SMILES string of the molecule is Cc1ccc(NC(=O)COc2coc(CN3CCc4ccccc43)cc2=O)cc1. The summed E-state index contributed by atoms with van der Waals surface area (Å²) >= 11 is 0. The van der Waals surface area contributed by atoms with Crippen LogP contribution in [0.25, 0.3) is 0 Å². The summed E-state index contributed by atoms with van der Waals surface area (Å²) in [7, 11) is 0. The van der Waals surface area contributed by atoms with Crippen LogP contribution in [0, 0.1) is 6.92 Å². The van der Waals surface area contributed by atoms with Crippen LogP contribution in [0.3, 0.4) is 0 Å². The van der Waals surface area contributed by atoms with Crippen LogP contribution in [0.1, 0.15) is 16.9 Å². The largest absolute Gasteiger partial charge is 0.477 e. The number of nitrogens with zero attached hydrogens (tertiary/aromatic N) is 1. The molecule has 0 atom stereocenters. The number of hydrogen-bond acceptors (Lipinski definition) is 5. The summed E-state index contributed by atoms with van der Waals surface area (Å²) in [5.41, 5.74) is 3.95. The molecule has 1 aromatic heterocycles. The highest BCUT2D eigenvalue weighted by Crippen LogP contribution is 2.28. The molecule has 29 heavy (non-hydrogen) atoms. The monoisotopic (exact) mass is 390 g/mol. The topological polar surface area (TPSA) is 71.8 Å². The van der Waals surface area contributed by atoms with Crippen LogP contribution in [0.4, 0.5) is 11.4 Å². The minimum Gasteiger partial charge on any atom is -0.477 e. The number of hydrogen-bond donors (Lipinski definition) is 1. The van der Waals surface area contributed by atoms with Gasteiger partial charge in [0, 0.05) is 24.0 Å². The van der Waals surface area contributed by atoms with Crippen molar-refractivity contribution in [1.29, 1.82) is 0 Å². The first-order valence-corrected chi connectivity index (χ1v) is 9.52. The van der Waals surface area contributed by atoms with E-state index in [0.717, 1.165) is 18.5 Å². The third-order valence-corrected chi connectivity index (χ3v) is 4.88. The van der Waals surface area contributed by atoms with E-state index < -0.39 is 0 Å². The number of nitrogens with one attached hydrogen (secondary N) is 1. The van der Waals surface area contributed by atoms with E-state index in [1.807, 2.05) is 43.3 Å². The van der Waals surface area contributed by atoms with E-state index in [2.05, 4.69) is 22.3 Å². The minimum absolute atomic E-state index is 0.0228. The fourth-order valence-corrected chi connectivity index (χ4v) is 3.36. The zero-order valence-corrected chi connectivity index (χ0v) is 16.2. The van der Waals surface area contributed by atoms with Gasteiger partial charge in [0.25, 0.3) is 5.91 Å². The Morgan fingerprint density at radius 3 is 2.76 bits per heavy atom. The number of benzene rings is 2. The van der Waals surface area contributed by atoms with E-state index in [1.54, 1.807) is 0 Å². The van der Waals surface area contributed by atoms with Gasteiger partial charge in [-0.15, -0.1) is 0 Å². The molecule has 0 spiro atoms. The van der Waals surface area contributed by atoms with Gasteiger partial charge in [0.1, 0.15) is 12.0 Å². The van der Waals surface area contributed by atoms with Crippen LogP contribution >= 0.6 is 0 Å². The predicted molar refractivity (Wildman–Crippen MR) is 111 cm³/mol. The van der Waals surface area contributed by atoms with E-state index in [-0.39, 0.29) is 23.7 Å². The zero-order chi connectivity index (χ0) is 20.2. The summed E-state index contributed by atoms with van der Waals surface area (Å²) in [4.78, 5) is 26.5. The van der Waals surface area contributed by atoms with Crippen molar-refractivity contribution in [2.24, 2.45) is 0 Å². The molecule has 0 saturated carbocycles. The van der Waals surface area contributed by atoms with Gasteiger partial charge in [0.15, 0.2) is 6.61 Å². The molecule has 2 aromatic carbocycles. The molecule has 1 aliphatic heterocycles. The van der Waals surface area contributed by atoms with Gasteiger partial charge in [-0.3, -0.25) is 9.59 Å². The number of rotatable bonds is 6. The lowest BCUT2D eigenvalue weighted by Gasteiger charge is -2.18. The van der Waals surface area contributed by atoms with Gasteiger partial charge in [0.2, 0.25) is 11.2 Å². The van der Waals surface area contributed by atoms with E-state index in [4.69, 9.17) is 9.15 Å². The van der Waals surface area contributed by atoms with Gasteiger partial charge in [-0.1, -0.05) is 35.9 Å². The number of carbonyl (C=O) groups excluding carboxylic acids is 1. The van der Waals surface area contributed by atoms with Gasteiger partial charge < -0.3 is 19.4 Å². The number of fused-ring (bicyclic) bond motifs is 1. The maximum atomic E-state index is 12.3. The van der Waals surface area contributed by atoms with Crippen molar-refractivity contribution in [3.05, 3.63) is 88.0 Å². The van der Waals surface area contributed by atoms with E-state index in [1.165, 1.54) is 23.6 Å². The van der Waals surface area contributed by atoms with Gasteiger partial charge in [-0.05, 0) is 37.1 Å². The van der Waals surface area contributed by atoms with Crippen LogP contribution in [0.15, 0.2) is 70.1 Å². The Bertz CT molecular complexity index is 1070. The number of para-hydroxylation sites is 1. The Morgan fingerprint density at radius 1 is 1.17 bits per heavy atom. The minimum atomic E-state index is -0.342. The maximum Gasteiger partial charge on any atom is 0.262 e. The van der Waals surface area contributed by atoms with Gasteiger partial charge in [0.05, 0.1) is 6.54 Å². The highest BCUT2D eigenvalue weighted by molar-refractivity contribution is 5.91. The lowest BCUT2D eigenvalue weighted by molar-refractivity contribution is -0.118. The van der Waals surface area contributed by atoms with Crippen LogP contribution in [-0.4, -0.2) is 19.1 Å². The van der Waals surface area contributed by atoms with Crippen molar-refractivity contribution < 1.29 is 13.9 Å². The lowest BCUT2D eigenvalue weighted by atomic mass is 10.2. The molecule has 4 rings (SSSR count). The molecule has 6 heteroatoms. The average molecular weight is 390 g/mol. The van der Waals surface area contributed by atoms with Crippen molar-refractivity contribution in [3.8, 4) is 5.75 Å². The molecule has 6 nitrogen and oxygen atoms in total. The summed E-state index contributed by atoms with van der Waals surface area (Å²) in [6.45, 7) is 3.11. The number of carbonyl (C=O) groups is 1. The molecule has 0 unspecified atom stereocenters. The normalized spacial score (nSPS) is 12.5. The first-order chi connectivity index (χ1) is 14.1.